The standard InChI is InChI=1S/C19H20O4.C15H14O2/c1-3-22-18(19(20)21)12-16-9-10-17(14(2)11-16)23-13-15-7-5-4-6-8-15;1-12-9-14(10-16)7-8-15(12)17-11-13-5-3-2-4-6-13/h4-12H,3,13H2,1-2H3,(H,20,21);2-10H,11H2,1H3/b18-12-;. The average Bonchev–Trinajstić information content (AvgIpc) is 2.97. The van der Waals surface area contributed by atoms with Crippen LogP contribution in [-0.2, 0) is 22.7 Å². The molecule has 0 aliphatic carbocycles. The second-order valence-corrected chi connectivity index (χ2v) is 8.96. The molecule has 206 valence electrons. The fourth-order valence-corrected chi connectivity index (χ4v) is 3.77. The molecular formula is C34H34O6. The highest BCUT2D eigenvalue weighted by Crippen LogP contribution is 2.22. The van der Waals surface area contributed by atoms with Gasteiger partial charge < -0.3 is 19.3 Å². The van der Waals surface area contributed by atoms with Gasteiger partial charge >= 0.3 is 5.97 Å². The number of carboxylic acids is 1. The lowest BCUT2D eigenvalue weighted by Crippen LogP contribution is -2.04. The van der Waals surface area contributed by atoms with E-state index in [2.05, 4.69) is 0 Å². The molecule has 0 aromatic heterocycles. The third kappa shape index (κ3) is 9.48. The van der Waals surface area contributed by atoms with E-state index in [0.29, 0.717) is 25.4 Å². The zero-order chi connectivity index (χ0) is 28.7. The van der Waals surface area contributed by atoms with Gasteiger partial charge in [-0.25, -0.2) is 4.79 Å². The number of hydrogen-bond donors (Lipinski definition) is 1. The summed E-state index contributed by atoms with van der Waals surface area (Å²) < 4.78 is 16.6. The summed E-state index contributed by atoms with van der Waals surface area (Å²) >= 11 is 0. The molecule has 0 atom stereocenters. The minimum absolute atomic E-state index is 0.0650. The van der Waals surface area contributed by atoms with E-state index in [1.54, 1.807) is 13.0 Å². The number of hydrogen-bond acceptors (Lipinski definition) is 5. The van der Waals surface area contributed by atoms with Gasteiger partial charge in [0, 0.05) is 5.56 Å². The number of aryl methyl sites for hydroxylation is 2. The van der Waals surface area contributed by atoms with Crippen LogP contribution in [0.4, 0.5) is 0 Å². The summed E-state index contributed by atoms with van der Waals surface area (Å²) in [6, 6.07) is 30.9. The van der Waals surface area contributed by atoms with Crippen molar-refractivity contribution >= 4 is 18.3 Å². The van der Waals surface area contributed by atoms with Gasteiger partial charge in [-0.2, -0.15) is 0 Å². The molecule has 0 heterocycles. The number of benzene rings is 4. The second-order valence-electron chi connectivity index (χ2n) is 8.96. The van der Waals surface area contributed by atoms with Gasteiger partial charge in [0.2, 0.25) is 5.76 Å². The van der Waals surface area contributed by atoms with E-state index in [1.807, 2.05) is 105 Å². The van der Waals surface area contributed by atoms with Crippen LogP contribution >= 0.6 is 0 Å². The lowest BCUT2D eigenvalue weighted by atomic mass is 10.1. The molecule has 6 nitrogen and oxygen atoms in total. The van der Waals surface area contributed by atoms with E-state index >= 15 is 0 Å². The average molecular weight is 539 g/mol. The Bertz CT molecular complexity index is 1410. The summed E-state index contributed by atoms with van der Waals surface area (Å²) in [7, 11) is 0. The van der Waals surface area contributed by atoms with Crippen LogP contribution in [0.25, 0.3) is 6.08 Å². The van der Waals surface area contributed by atoms with Crippen molar-refractivity contribution in [1.29, 1.82) is 0 Å². The molecule has 0 bridgehead atoms. The van der Waals surface area contributed by atoms with Crippen molar-refractivity contribution in [3.05, 3.63) is 136 Å². The molecular weight excluding hydrogens is 504 g/mol. The lowest BCUT2D eigenvalue weighted by Gasteiger charge is -2.10. The summed E-state index contributed by atoms with van der Waals surface area (Å²) in [5.41, 5.74) is 5.59. The maximum atomic E-state index is 11.1. The van der Waals surface area contributed by atoms with E-state index in [9.17, 15) is 9.59 Å². The molecule has 0 aliphatic rings. The minimum Gasteiger partial charge on any atom is -0.489 e. The monoisotopic (exact) mass is 538 g/mol. The van der Waals surface area contributed by atoms with Gasteiger partial charge in [0.1, 0.15) is 31.0 Å². The van der Waals surface area contributed by atoms with Crippen LogP contribution in [0.5, 0.6) is 11.5 Å². The first-order valence-electron chi connectivity index (χ1n) is 13.0. The number of carbonyl (C=O) groups is 2. The number of aliphatic carboxylic acids is 1. The Labute approximate surface area is 235 Å². The van der Waals surface area contributed by atoms with Crippen LogP contribution < -0.4 is 9.47 Å². The Kier molecular flexibility index (Phi) is 11.5. The molecule has 0 spiro atoms. The third-order valence-electron chi connectivity index (χ3n) is 5.82. The van der Waals surface area contributed by atoms with Crippen molar-refractivity contribution in [1.82, 2.24) is 0 Å². The first kappa shape index (κ1) is 29.7. The molecule has 4 rings (SSSR count). The molecule has 0 saturated carbocycles. The van der Waals surface area contributed by atoms with Crippen molar-refractivity contribution in [2.24, 2.45) is 0 Å². The molecule has 0 unspecified atom stereocenters. The van der Waals surface area contributed by atoms with Gasteiger partial charge in [-0.05, 0) is 85.0 Å². The van der Waals surface area contributed by atoms with Crippen LogP contribution in [-0.4, -0.2) is 24.0 Å². The highest BCUT2D eigenvalue weighted by atomic mass is 16.5. The summed E-state index contributed by atoms with van der Waals surface area (Å²) in [6.45, 7) is 6.97. The van der Waals surface area contributed by atoms with Crippen molar-refractivity contribution in [3.63, 3.8) is 0 Å². The van der Waals surface area contributed by atoms with Crippen LogP contribution in [0.2, 0.25) is 0 Å². The van der Waals surface area contributed by atoms with E-state index < -0.39 is 5.97 Å². The van der Waals surface area contributed by atoms with Crippen LogP contribution in [0.15, 0.2) is 103 Å². The van der Waals surface area contributed by atoms with Crippen LogP contribution in [0.1, 0.15) is 45.1 Å². The van der Waals surface area contributed by atoms with Gasteiger partial charge in [0.25, 0.3) is 0 Å². The number of carbonyl (C=O) groups excluding carboxylic acids is 1. The quantitative estimate of drug-likeness (QED) is 0.122. The SMILES string of the molecule is CCO/C(=C\c1ccc(OCc2ccccc2)c(C)c1)C(=O)O.Cc1cc(C=O)ccc1OCc1ccccc1. The molecule has 4 aromatic rings. The number of aldehydes is 1. The van der Waals surface area contributed by atoms with E-state index in [-0.39, 0.29) is 5.76 Å². The first-order valence-corrected chi connectivity index (χ1v) is 13.0. The highest BCUT2D eigenvalue weighted by Gasteiger charge is 2.09. The fourth-order valence-electron chi connectivity index (χ4n) is 3.77. The highest BCUT2D eigenvalue weighted by molar-refractivity contribution is 5.89. The molecule has 0 aliphatic heterocycles. The predicted octanol–water partition coefficient (Wildman–Crippen LogP) is 7.42. The molecule has 40 heavy (non-hydrogen) atoms. The smallest absolute Gasteiger partial charge is 0.371 e. The van der Waals surface area contributed by atoms with Gasteiger partial charge in [0.05, 0.1) is 6.61 Å². The number of ether oxygens (including phenoxy) is 3. The van der Waals surface area contributed by atoms with Gasteiger partial charge in [-0.3, -0.25) is 4.79 Å². The van der Waals surface area contributed by atoms with E-state index in [1.165, 1.54) is 6.08 Å². The predicted molar refractivity (Wildman–Crippen MR) is 157 cm³/mol. The molecule has 6 heteroatoms. The zero-order valence-corrected chi connectivity index (χ0v) is 23.0. The maximum absolute atomic E-state index is 11.1. The van der Waals surface area contributed by atoms with Crippen molar-refractivity contribution < 1.29 is 28.9 Å². The number of carboxylic acid groups (broad SMARTS) is 1. The van der Waals surface area contributed by atoms with E-state index in [0.717, 1.165) is 45.6 Å². The van der Waals surface area contributed by atoms with Gasteiger partial charge in [0.15, 0.2) is 0 Å². The van der Waals surface area contributed by atoms with Crippen molar-refractivity contribution in [3.8, 4) is 11.5 Å². The topological polar surface area (TPSA) is 82.1 Å². The zero-order valence-electron chi connectivity index (χ0n) is 23.0. The lowest BCUT2D eigenvalue weighted by molar-refractivity contribution is -0.136. The fraction of sp³-hybridized carbons (Fsp3) is 0.176. The first-order chi connectivity index (χ1) is 19.4. The second kappa shape index (κ2) is 15.5. The Hall–Kier alpha value is -4.84. The minimum atomic E-state index is -1.08. The molecule has 0 fully saturated rings. The molecule has 0 saturated heterocycles. The Morgan fingerprint density at radius 1 is 0.725 bits per heavy atom. The van der Waals surface area contributed by atoms with Gasteiger partial charge in [-0.15, -0.1) is 0 Å². The summed E-state index contributed by atoms with van der Waals surface area (Å²) in [5, 5.41) is 9.08. The Morgan fingerprint density at radius 3 is 1.62 bits per heavy atom. The largest absolute Gasteiger partial charge is 0.489 e. The van der Waals surface area contributed by atoms with Gasteiger partial charge in [-0.1, -0.05) is 66.7 Å². The van der Waals surface area contributed by atoms with Crippen molar-refractivity contribution in [2.45, 2.75) is 34.0 Å². The Balaban J connectivity index is 0.000000230. The molecule has 0 radical (unpaired) electrons. The molecule has 0 amide bonds. The normalized spacial score (nSPS) is 10.6. The van der Waals surface area contributed by atoms with E-state index in [4.69, 9.17) is 19.3 Å². The van der Waals surface area contributed by atoms with Crippen LogP contribution in [0, 0.1) is 13.8 Å². The van der Waals surface area contributed by atoms with Crippen LogP contribution in [0.3, 0.4) is 0 Å². The third-order valence-corrected chi connectivity index (χ3v) is 5.82. The summed E-state index contributed by atoms with van der Waals surface area (Å²) in [4.78, 5) is 21.7. The number of rotatable bonds is 11. The summed E-state index contributed by atoms with van der Waals surface area (Å²) in [6.07, 6.45) is 2.35. The summed E-state index contributed by atoms with van der Waals surface area (Å²) in [5.74, 6) is 0.456. The Morgan fingerprint density at radius 2 is 1.20 bits per heavy atom. The maximum Gasteiger partial charge on any atom is 0.371 e. The molecule has 4 aromatic carbocycles. The molecule has 1 N–H and O–H groups in total. The van der Waals surface area contributed by atoms with Crippen molar-refractivity contribution in [2.75, 3.05) is 6.61 Å².